The van der Waals surface area contributed by atoms with Crippen LogP contribution in [0.25, 0.3) is 11.1 Å². The number of carbonyl (C=O) groups excluding carboxylic acids is 1. The molecule has 1 aliphatic heterocycles. The molecule has 0 amide bonds. The minimum atomic E-state index is -0.443. The number of benzene rings is 1. The Labute approximate surface area is 178 Å². The summed E-state index contributed by atoms with van der Waals surface area (Å²) in [5.74, 6) is 0.450. The van der Waals surface area contributed by atoms with Crippen LogP contribution in [0.1, 0.15) is 59.1 Å². The van der Waals surface area contributed by atoms with Gasteiger partial charge in [0.05, 0.1) is 13.7 Å². The maximum absolute atomic E-state index is 15.1. The van der Waals surface area contributed by atoms with Gasteiger partial charge in [-0.3, -0.25) is 0 Å². The number of halogens is 1. The van der Waals surface area contributed by atoms with Gasteiger partial charge in [-0.05, 0) is 76.0 Å². The third-order valence-corrected chi connectivity index (χ3v) is 4.76. The molecule has 0 bridgehead atoms. The highest BCUT2D eigenvalue weighted by molar-refractivity contribution is 5.83. The number of carbonyl (C=O) groups is 1. The van der Waals surface area contributed by atoms with Crippen LogP contribution >= 0.6 is 0 Å². The molecule has 30 heavy (non-hydrogen) atoms. The predicted octanol–water partition coefficient (Wildman–Crippen LogP) is 6.43. The van der Waals surface area contributed by atoms with E-state index in [1.54, 1.807) is 27.0 Å². The summed E-state index contributed by atoms with van der Waals surface area (Å²) in [4.78, 5) is 11.5. The smallest absolute Gasteiger partial charge is 0.330 e. The summed E-state index contributed by atoms with van der Waals surface area (Å²) < 4.78 is 31.6. The fourth-order valence-electron chi connectivity index (χ4n) is 3.48. The summed E-state index contributed by atoms with van der Waals surface area (Å²) in [6.07, 6.45) is 6.79. The second-order valence-corrected chi connectivity index (χ2v) is 7.74. The predicted molar refractivity (Wildman–Crippen MR) is 119 cm³/mol. The maximum Gasteiger partial charge on any atom is 0.330 e. The molecule has 0 saturated heterocycles. The molecule has 4 nitrogen and oxygen atoms in total. The molecule has 5 heteroatoms. The molecule has 0 N–H and O–H groups in total. The van der Waals surface area contributed by atoms with Crippen molar-refractivity contribution >= 4 is 17.1 Å². The van der Waals surface area contributed by atoms with Crippen LogP contribution in [-0.2, 0) is 9.53 Å². The van der Waals surface area contributed by atoms with Crippen LogP contribution < -0.4 is 9.47 Å². The summed E-state index contributed by atoms with van der Waals surface area (Å²) in [5, 5.41) is 0. The van der Waals surface area contributed by atoms with Gasteiger partial charge < -0.3 is 14.2 Å². The molecular formula is C25H31FO4. The highest BCUT2D eigenvalue weighted by Gasteiger charge is 2.27. The molecule has 0 saturated carbocycles. The Hall–Kier alpha value is -2.82. The van der Waals surface area contributed by atoms with Crippen molar-refractivity contribution in [3.05, 3.63) is 59.0 Å². The first kappa shape index (κ1) is 23.5. The van der Waals surface area contributed by atoms with Crippen molar-refractivity contribution in [2.45, 2.75) is 53.6 Å². The van der Waals surface area contributed by atoms with E-state index in [1.807, 2.05) is 39.8 Å². The average molecular weight is 415 g/mol. The first-order valence-corrected chi connectivity index (χ1v) is 10.1. The number of ether oxygens (including phenoxy) is 3. The fraction of sp³-hybridized carbons (Fsp3) is 0.400. The van der Waals surface area contributed by atoms with E-state index in [9.17, 15) is 4.79 Å². The molecule has 0 fully saturated rings. The zero-order chi connectivity index (χ0) is 22.5. The zero-order valence-electron chi connectivity index (χ0n) is 18.9. The molecule has 0 radical (unpaired) electrons. The zero-order valence-corrected chi connectivity index (χ0v) is 18.9. The second kappa shape index (κ2) is 9.79. The van der Waals surface area contributed by atoms with E-state index in [-0.39, 0.29) is 5.83 Å². The van der Waals surface area contributed by atoms with Crippen LogP contribution in [0.3, 0.4) is 0 Å². The number of hydrogen-bond acceptors (Lipinski definition) is 4. The molecule has 2 rings (SSSR count). The van der Waals surface area contributed by atoms with Gasteiger partial charge in [-0.25, -0.2) is 9.18 Å². The lowest BCUT2D eigenvalue weighted by Gasteiger charge is -2.31. The van der Waals surface area contributed by atoms with Crippen LogP contribution in [0.2, 0.25) is 0 Å². The first-order valence-electron chi connectivity index (χ1n) is 10.1. The van der Waals surface area contributed by atoms with Crippen molar-refractivity contribution < 1.29 is 23.4 Å². The third-order valence-electron chi connectivity index (χ3n) is 4.76. The Bertz CT molecular complexity index is 933. The Kier molecular flexibility index (Phi) is 7.65. The monoisotopic (exact) mass is 414 g/mol. The third kappa shape index (κ3) is 5.62. The van der Waals surface area contributed by atoms with Crippen LogP contribution in [0.5, 0.6) is 11.5 Å². The highest BCUT2D eigenvalue weighted by Crippen LogP contribution is 2.43. The van der Waals surface area contributed by atoms with Gasteiger partial charge in [0.1, 0.15) is 22.9 Å². The summed E-state index contributed by atoms with van der Waals surface area (Å²) in [7, 11) is 1.56. The van der Waals surface area contributed by atoms with Gasteiger partial charge in [0.15, 0.2) is 0 Å². The minimum Gasteiger partial charge on any atom is -0.496 e. The fourth-order valence-corrected chi connectivity index (χ4v) is 3.48. The quantitative estimate of drug-likeness (QED) is 0.293. The van der Waals surface area contributed by atoms with E-state index in [2.05, 4.69) is 6.08 Å². The Balaban J connectivity index is 2.48. The Morgan fingerprint density at radius 1 is 1.23 bits per heavy atom. The van der Waals surface area contributed by atoms with Crippen molar-refractivity contribution in [2.24, 2.45) is 0 Å². The first-order chi connectivity index (χ1) is 14.1. The molecular weight excluding hydrogens is 383 g/mol. The largest absolute Gasteiger partial charge is 0.496 e. The molecule has 0 aromatic heterocycles. The minimum absolute atomic E-state index is 0.299. The molecule has 0 unspecified atom stereocenters. The molecule has 0 spiro atoms. The standard InChI is InChI=1S/C25H31FO4/c1-8-18(21(26)11-10-16(3)12-24(27)29-9-2)20-13-19-17(4)15-25(5,6)30-23(19)14-22(20)28-7/h10-15H,8-9H2,1-7H3/b11-10+,16-12+,21-18+. The lowest BCUT2D eigenvalue weighted by atomic mass is 9.91. The van der Waals surface area contributed by atoms with Crippen molar-refractivity contribution in [1.82, 2.24) is 0 Å². The number of allylic oxidation sites excluding steroid dienone is 6. The molecule has 0 aliphatic carbocycles. The Morgan fingerprint density at radius 3 is 2.53 bits per heavy atom. The van der Waals surface area contributed by atoms with Gasteiger partial charge in [-0.2, -0.15) is 0 Å². The van der Waals surface area contributed by atoms with Crippen LogP contribution in [-0.4, -0.2) is 25.3 Å². The Morgan fingerprint density at radius 2 is 1.93 bits per heavy atom. The van der Waals surface area contributed by atoms with Gasteiger partial charge >= 0.3 is 5.97 Å². The van der Waals surface area contributed by atoms with Crippen LogP contribution in [0, 0.1) is 0 Å². The van der Waals surface area contributed by atoms with Gasteiger partial charge in [0, 0.05) is 23.3 Å². The van der Waals surface area contributed by atoms with Crippen molar-refractivity contribution in [2.75, 3.05) is 13.7 Å². The lowest BCUT2D eigenvalue weighted by Crippen LogP contribution is -2.28. The van der Waals surface area contributed by atoms with Crippen LogP contribution in [0.15, 0.2) is 47.8 Å². The van der Waals surface area contributed by atoms with E-state index in [4.69, 9.17) is 14.2 Å². The second-order valence-electron chi connectivity index (χ2n) is 7.74. The molecule has 1 heterocycles. The maximum atomic E-state index is 15.1. The normalized spacial score (nSPS) is 16.4. The van der Waals surface area contributed by atoms with E-state index in [1.165, 1.54) is 12.2 Å². The summed E-state index contributed by atoms with van der Waals surface area (Å²) in [6, 6.07) is 3.74. The summed E-state index contributed by atoms with van der Waals surface area (Å²) >= 11 is 0. The average Bonchev–Trinajstić information content (AvgIpc) is 2.66. The van der Waals surface area contributed by atoms with E-state index in [0.29, 0.717) is 35.5 Å². The van der Waals surface area contributed by atoms with Gasteiger partial charge in [0.2, 0.25) is 0 Å². The summed E-state index contributed by atoms with van der Waals surface area (Å²) in [6.45, 7) is 11.7. The van der Waals surface area contributed by atoms with E-state index < -0.39 is 11.6 Å². The highest BCUT2D eigenvalue weighted by atomic mass is 19.1. The molecule has 0 atom stereocenters. The lowest BCUT2D eigenvalue weighted by molar-refractivity contribution is -0.137. The number of rotatable bonds is 7. The van der Waals surface area contributed by atoms with Gasteiger partial charge in [0.25, 0.3) is 0 Å². The molecule has 1 aromatic carbocycles. The van der Waals surface area contributed by atoms with Crippen molar-refractivity contribution in [1.29, 1.82) is 0 Å². The summed E-state index contributed by atoms with van der Waals surface area (Å²) in [5.41, 5.74) is 3.39. The number of esters is 1. The van der Waals surface area contributed by atoms with Crippen molar-refractivity contribution in [3.63, 3.8) is 0 Å². The molecule has 162 valence electrons. The SMILES string of the molecule is CCOC(=O)/C=C(C)/C=C/C(F)=C(/CC)c1cc2c(cc1OC)OC(C)(C)C=C2C. The van der Waals surface area contributed by atoms with Crippen LogP contribution in [0.4, 0.5) is 4.39 Å². The number of hydrogen-bond donors (Lipinski definition) is 0. The number of fused-ring (bicyclic) bond motifs is 1. The number of methoxy groups -OCH3 is 1. The molecule has 1 aromatic rings. The van der Waals surface area contributed by atoms with Crippen molar-refractivity contribution in [3.8, 4) is 11.5 Å². The van der Waals surface area contributed by atoms with Gasteiger partial charge in [-0.15, -0.1) is 0 Å². The van der Waals surface area contributed by atoms with E-state index >= 15 is 4.39 Å². The topological polar surface area (TPSA) is 44.8 Å². The molecule has 1 aliphatic rings. The van der Waals surface area contributed by atoms with Gasteiger partial charge in [-0.1, -0.05) is 13.0 Å². The van der Waals surface area contributed by atoms with E-state index in [0.717, 1.165) is 16.9 Å².